The van der Waals surface area contributed by atoms with E-state index in [4.69, 9.17) is 4.42 Å². The summed E-state index contributed by atoms with van der Waals surface area (Å²) in [5.41, 5.74) is 4.97. The Morgan fingerprint density at radius 3 is 2.68 bits per heavy atom. The molecule has 1 amide bonds. The van der Waals surface area contributed by atoms with E-state index >= 15 is 0 Å². The molecule has 0 saturated heterocycles. The van der Waals surface area contributed by atoms with Gasteiger partial charge in [0.2, 0.25) is 0 Å². The molecule has 0 fully saturated rings. The smallest absolute Gasteiger partial charge is 0.408 e. The first-order valence-corrected chi connectivity index (χ1v) is 9.09. The standard InChI is InChI=1S/C22H17N3O3/c26-21-17-4-2-1-3-16(17)19(11-14-7-9-23-10-8-14)25(21)13-15-5-6-18-20(12-15)28-22(27)24-18/h1-10,12,19H,11,13H2,(H,24,27). The van der Waals surface area contributed by atoms with Crippen molar-refractivity contribution in [2.75, 3.05) is 0 Å². The number of carbonyl (C=O) groups is 1. The van der Waals surface area contributed by atoms with Crippen LogP contribution in [0.3, 0.4) is 0 Å². The first kappa shape index (κ1) is 16.5. The lowest BCUT2D eigenvalue weighted by molar-refractivity contribution is 0.0709. The summed E-state index contributed by atoms with van der Waals surface area (Å²) in [6.07, 6.45) is 4.25. The predicted molar refractivity (Wildman–Crippen MR) is 104 cm³/mol. The van der Waals surface area contributed by atoms with Gasteiger partial charge in [-0.05, 0) is 53.4 Å². The maximum absolute atomic E-state index is 13.1. The zero-order chi connectivity index (χ0) is 19.1. The lowest BCUT2D eigenvalue weighted by Crippen LogP contribution is -2.28. The van der Waals surface area contributed by atoms with Crippen LogP contribution in [0, 0.1) is 0 Å². The van der Waals surface area contributed by atoms with E-state index in [-0.39, 0.29) is 11.9 Å². The molecule has 6 nitrogen and oxygen atoms in total. The third-order valence-electron chi connectivity index (χ3n) is 5.20. The van der Waals surface area contributed by atoms with Crippen molar-refractivity contribution >= 4 is 17.0 Å². The largest absolute Gasteiger partial charge is 0.417 e. The molecule has 2 aromatic carbocycles. The number of oxazole rings is 1. The molecule has 0 aliphatic carbocycles. The SMILES string of the molecule is O=C1c2ccccc2C(Cc2ccncc2)N1Cc1ccc2[nH]c(=O)oc2c1. The second-order valence-electron chi connectivity index (χ2n) is 6.94. The van der Waals surface area contributed by atoms with Gasteiger partial charge in [0, 0.05) is 24.5 Å². The van der Waals surface area contributed by atoms with Crippen molar-refractivity contribution in [3.05, 3.63) is 99.8 Å². The highest BCUT2D eigenvalue weighted by molar-refractivity contribution is 5.99. The molecule has 1 aliphatic heterocycles. The number of H-pyrrole nitrogens is 1. The third-order valence-corrected chi connectivity index (χ3v) is 5.20. The summed E-state index contributed by atoms with van der Waals surface area (Å²) >= 11 is 0. The lowest BCUT2D eigenvalue weighted by atomic mass is 9.98. The van der Waals surface area contributed by atoms with E-state index in [0.29, 0.717) is 24.1 Å². The van der Waals surface area contributed by atoms with Crippen molar-refractivity contribution in [2.45, 2.75) is 19.0 Å². The van der Waals surface area contributed by atoms with E-state index < -0.39 is 5.76 Å². The molecular formula is C22H17N3O3. The second-order valence-corrected chi connectivity index (χ2v) is 6.94. The highest BCUT2D eigenvalue weighted by atomic mass is 16.4. The van der Waals surface area contributed by atoms with Gasteiger partial charge < -0.3 is 9.32 Å². The van der Waals surface area contributed by atoms with Crippen molar-refractivity contribution < 1.29 is 9.21 Å². The Hall–Kier alpha value is -3.67. The summed E-state index contributed by atoms with van der Waals surface area (Å²) in [6.45, 7) is 0.439. The average Bonchev–Trinajstić information content (AvgIpc) is 3.21. The van der Waals surface area contributed by atoms with Crippen LogP contribution in [-0.4, -0.2) is 20.8 Å². The van der Waals surface area contributed by atoms with Gasteiger partial charge in [-0.1, -0.05) is 24.3 Å². The minimum Gasteiger partial charge on any atom is -0.408 e. The number of carbonyl (C=O) groups excluding carboxylic acids is 1. The summed E-state index contributed by atoms with van der Waals surface area (Å²) in [6, 6.07) is 17.2. The minimum atomic E-state index is -0.479. The summed E-state index contributed by atoms with van der Waals surface area (Å²) in [5.74, 6) is -0.461. The molecule has 0 saturated carbocycles. The van der Waals surface area contributed by atoms with Crippen molar-refractivity contribution in [3.8, 4) is 0 Å². The van der Waals surface area contributed by atoms with E-state index in [1.807, 2.05) is 53.4 Å². The number of pyridine rings is 1. The quantitative estimate of drug-likeness (QED) is 0.596. The maximum atomic E-state index is 13.1. The fourth-order valence-corrected chi connectivity index (χ4v) is 3.88. The zero-order valence-corrected chi connectivity index (χ0v) is 15.0. The van der Waals surface area contributed by atoms with E-state index in [9.17, 15) is 9.59 Å². The van der Waals surface area contributed by atoms with Gasteiger partial charge in [-0.3, -0.25) is 14.8 Å². The first-order chi connectivity index (χ1) is 13.7. The second kappa shape index (κ2) is 6.49. The number of hydrogen-bond acceptors (Lipinski definition) is 4. The topological polar surface area (TPSA) is 79.2 Å². The minimum absolute atomic E-state index is 0.0188. The van der Waals surface area contributed by atoms with Gasteiger partial charge in [-0.25, -0.2) is 4.79 Å². The van der Waals surface area contributed by atoms with Crippen LogP contribution in [0.25, 0.3) is 11.1 Å². The van der Waals surface area contributed by atoms with Gasteiger partial charge in [0.15, 0.2) is 5.58 Å². The maximum Gasteiger partial charge on any atom is 0.417 e. The van der Waals surface area contributed by atoms with Crippen LogP contribution >= 0.6 is 0 Å². The van der Waals surface area contributed by atoms with Gasteiger partial charge in [-0.2, -0.15) is 0 Å². The Kier molecular flexibility index (Phi) is 3.83. The Morgan fingerprint density at radius 1 is 1.00 bits per heavy atom. The van der Waals surface area contributed by atoms with E-state index in [2.05, 4.69) is 9.97 Å². The first-order valence-electron chi connectivity index (χ1n) is 9.09. The lowest BCUT2D eigenvalue weighted by Gasteiger charge is -2.25. The molecular weight excluding hydrogens is 354 g/mol. The summed E-state index contributed by atoms with van der Waals surface area (Å²) in [7, 11) is 0. The average molecular weight is 371 g/mol. The number of rotatable bonds is 4. The molecule has 0 spiro atoms. The van der Waals surface area contributed by atoms with Crippen molar-refractivity contribution in [2.24, 2.45) is 0 Å². The Morgan fingerprint density at radius 2 is 1.82 bits per heavy atom. The molecule has 2 aromatic heterocycles. The number of fused-ring (bicyclic) bond motifs is 2. The van der Waals surface area contributed by atoms with Crippen LogP contribution in [0.2, 0.25) is 0 Å². The fraction of sp³-hybridized carbons (Fsp3) is 0.136. The van der Waals surface area contributed by atoms with Gasteiger partial charge in [-0.15, -0.1) is 0 Å². The van der Waals surface area contributed by atoms with E-state index in [1.54, 1.807) is 18.5 Å². The molecule has 0 radical (unpaired) electrons. The fourth-order valence-electron chi connectivity index (χ4n) is 3.88. The number of aromatic nitrogens is 2. The molecule has 3 heterocycles. The van der Waals surface area contributed by atoms with Crippen molar-refractivity contribution in [1.82, 2.24) is 14.9 Å². The number of aromatic amines is 1. The Bertz CT molecular complexity index is 1230. The van der Waals surface area contributed by atoms with Crippen molar-refractivity contribution in [1.29, 1.82) is 0 Å². The molecule has 1 aliphatic rings. The molecule has 6 heteroatoms. The van der Waals surface area contributed by atoms with Crippen LogP contribution in [0.4, 0.5) is 0 Å². The number of benzene rings is 2. The van der Waals surface area contributed by atoms with Gasteiger partial charge >= 0.3 is 5.76 Å². The molecule has 0 bridgehead atoms. The third kappa shape index (κ3) is 2.79. The Labute approximate surface area is 160 Å². The predicted octanol–water partition coefficient (Wildman–Crippen LogP) is 3.46. The molecule has 5 rings (SSSR count). The normalized spacial score (nSPS) is 15.9. The van der Waals surface area contributed by atoms with Crippen molar-refractivity contribution in [3.63, 3.8) is 0 Å². The molecule has 1 unspecified atom stereocenters. The monoisotopic (exact) mass is 371 g/mol. The van der Waals surface area contributed by atoms with Crippen LogP contribution in [-0.2, 0) is 13.0 Å². The van der Waals surface area contributed by atoms with Crippen LogP contribution in [0.5, 0.6) is 0 Å². The molecule has 4 aromatic rings. The summed E-state index contributed by atoms with van der Waals surface area (Å²) in [4.78, 5) is 33.1. The number of hydrogen-bond donors (Lipinski definition) is 1. The number of amides is 1. The summed E-state index contributed by atoms with van der Waals surface area (Å²) < 4.78 is 5.16. The molecule has 1 atom stereocenters. The Balaban J connectivity index is 1.51. The van der Waals surface area contributed by atoms with Gasteiger partial charge in [0.25, 0.3) is 5.91 Å². The molecule has 28 heavy (non-hydrogen) atoms. The molecule has 138 valence electrons. The number of nitrogens with one attached hydrogen (secondary N) is 1. The van der Waals surface area contributed by atoms with E-state index in [0.717, 1.165) is 22.3 Å². The van der Waals surface area contributed by atoms with Crippen LogP contribution < -0.4 is 5.76 Å². The zero-order valence-electron chi connectivity index (χ0n) is 15.0. The summed E-state index contributed by atoms with van der Waals surface area (Å²) in [5, 5.41) is 0. The van der Waals surface area contributed by atoms with Gasteiger partial charge in [0.1, 0.15) is 0 Å². The van der Waals surface area contributed by atoms with E-state index in [1.165, 1.54) is 0 Å². The molecule has 1 N–H and O–H groups in total. The van der Waals surface area contributed by atoms with Crippen LogP contribution in [0.1, 0.15) is 33.1 Å². The van der Waals surface area contributed by atoms with Crippen LogP contribution in [0.15, 0.2) is 76.2 Å². The number of nitrogens with zero attached hydrogens (tertiary/aromatic N) is 2. The highest BCUT2D eigenvalue weighted by Gasteiger charge is 2.36. The van der Waals surface area contributed by atoms with Gasteiger partial charge in [0.05, 0.1) is 11.6 Å². The highest BCUT2D eigenvalue weighted by Crippen LogP contribution is 2.37.